The summed E-state index contributed by atoms with van der Waals surface area (Å²) in [6, 6.07) is 11.1. The number of carbonyl (C=O) groups excluding carboxylic acids is 1. The molecule has 0 radical (unpaired) electrons. The van der Waals surface area contributed by atoms with E-state index in [1.165, 1.54) is 15.6 Å². The normalized spacial score (nSPS) is 14.9. The molecular formula is C22H25N3O3S. The van der Waals surface area contributed by atoms with Crippen molar-refractivity contribution in [3.8, 4) is 0 Å². The van der Waals surface area contributed by atoms with Gasteiger partial charge in [-0.1, -0.05) is 37.5 Å². The molecule has 2 aromatic heterocycles. The second-order valence-electron chi connectivity index (χ2n) is 7.57. The molecule has 1 amide bonds. The van der Waals surface area contributed by atoms with E-state index in [1.807, 2.05) is 17.5 Å². The van der Waals surface area contributed by atoms with Crippen LogP contribution in [-0.2, 0) is 24.3 Å². The molecule has 6 nitrogen and oxygen atoms in total. The van der Waals surface area contributed by atoms with Crippen LogP contribution in [0, 0.1) is 0 Å². The van der Waals surface area contributed by atoms with Gasteiger partial charge < -0.3 is 5.32 Å². The van der Waals surface area contributed by atoms with Crippen LogP contribution in [0.2, 0.25) is 0 Å². The Kier molecular flexibility index (Phi) is 5.94. The van der Waals surface area contributed by atoms with Crippen LogP contribution in [0.15, 0.2) is 51.4 Å². The molecule has 1 saturated carbocycles. The fourth-order valence-electron chi connectivity index (χ4n) is 4.06. The van der Waals surface area contributed by atoms with Crippen molar-refractivity contribution >= 4 is 28.1 Å². The van der Waals surface area contributed by atoms with Gasteiger partial charge in [0.1, 0.15) is 6.54 Å². The maximum Gasteiger partial charge on any atom is 0.331 e. The van der Waals surface area contributed by atoms with Crippen molar-refractivity contribution in [2.24, 2.45) is 0 Å². The average molecular weight is 412 g/mol. The van der Waals surface area contributed by atoms with E-state index in [-0.39, 0.29) is 24.1 Å². The second-order valence-corrected chi connectivity index (χ2v) is 8.61. The van der Waals surface area contributed by atoms with Gasteiger partial charge in [0.25, 0.3) is 5.56 Å². The van der Waals surface area contributed by atoms with Gasteiger partial charge in [-0.05, 0) is 42.8 Å². The Morgan fingerprint density at radius 2 is 1.83 bits per heavy atom. The molecule has 7 heteroatoms. The van der Waals surface area contributed by atoms with Crippen molar-refractivity contribution in [3.05, 3.63) is 67.5 Å². The number of para-hydroxylation sites is 1. The number of hydrogen-bond donors (Lipinski definition) is 1. The van der Waals surface area contributed by atoms with Gasteiger partial charge in [0.2, 0.25) is 5.91 Å². The zero-order chi connectivity index (χ0) is 20.2. The Hall–Kier alpha value is -2.67. The molecule has 1 fully saturated rings. The topological polar surface area (TPSA) is 73.1 Å². The van der Waals surface area contributed by atoms with Crippen molar-refractivity contribution in [2.45, 2.75) is 57.7 Å². The fraction of sp³-hybridized carbons (Fsp3) is 0.409. The quantitative estimate of drug-likeness (QED) is 0.678. The maximum atomic E-state index is 13.1. The maximum absolute atomic E-state index is 13.1. The Morgan fingerprint density at radius 1 is 1.03 bits per heavy atom. The first kappa shape index (κ1) is 19.6. The summed E-state index contributed by atoms with van der Waals surface area (Å²) >= 11 is 1.60. The molecule has 0 atom stereocenters. The van der Waals surface area contributed by atoms with Crippen molar-refractivity contribution in [2.75, 3.05) is 0 Å². The third-order valence-corrected chi connectivity index (χ3v) is 6.50. The standard InChI is InChI=1S/C22H25N3O3S/c26-20(23-16-7-2-1-3-8-16)15-25-19-11-5-4-10-18(19)21(27)24(22(25)28)13-12-17-9-6-14-29-17/h4-6,9-11,14,16H,1-3,7-8,12-13,15H2,(H,23,26). The third kappa shape index (κ3) is 4.34. The Labute approximate surface area is 172 Å². The lowest BCUT2D eigenvalue weighted by Gasteiger charge is -2.23. The van der Waals surface area contributed by atoms with Gasteiger partial charge in [-0.2, -0.15) is 0 Å². The van der Waals surface area contributed by atoms with Gasteiger partial charge in [-0.3, -0.25) is 18.7 Å². The molecule has 1 N–H and O–H groups in total. The van der Waals surface area contributed by atoms with Crippen molar-refractivity contribution in [1.82, 2.24) is 14.5 Å². The highest BCUT2D eigenvalue weighted by Crippen LogP contribution is 2.17. The van der Waals surface area contributed by atoms with E-state index in [9.17, 15) is 14.4 Å². The highest BCUT2D eigenvalue weighted by atomic mass is 32.1. The summed E-state index contributed by atoms with van der Waals surface area (Å²) in [6.07, 6.45) is 6.05. The van der Waals surface area contributed by atoms with Gasteiger partial charge in [0.05, 0.1) is 10.9 Å². The van der Waals surface area contributed by atoms with Gasteiger partial charge in [0, 0.05) is 17.5 Å². The number of fused-ring (bicyclic) bond motifs is 1. The molecule has 0 saturated heterocycles. The summed E-state index contributed by atoms with van der Waals surface area (Å²) in [4.78, 5) is 39.8. The van der Waals surface area contributed by atoms with Gasteiger partial charge in [0.15, 0.2) is 0 Å². The molecule has 1 aliphatic rings. The van der Waals surface area contributed by atoms with Crippen LogP contribution in [-0.4, -0.2) is 21.1 Å². The minimum absolute atomic E-state index is 0.0743. The summed E-state index contributed by atoms with van der Waals surface area (Å²) in [5.41, 5.74) is -0.219. The highest BCUT2D eigenvalue weighted by Gasteiger charge is 2.19. The monoisotopic (exact) mass is 411 g/mol. The molecule has 2 heterocycles. The third-order valence-electron chi connectivity index (χ3n) is 5.57. The average Bonchev–Trinajstić information content (AvgIpc) is 3.25. The lowest BCUT2D eigenvalue weighted by atomic mass is 9.95. The minimum Gasteiger partial charge on any atom is -0.352 e. The van der Waals surface area contributed by atoms with Crippen LogP contribution in [0.3, 0.4) is 0 Å². The molecule has 0 unspecified atom stereocenters. The summed E-state index contributed by atoms with van der Waals surface area (Å²) in [6.45, 7) is 0.225. The lowest BCUT2D eigenvalue weighted by molar-refractivity contribution is -0.122. The van der Waals surface area contributed by atoms with Crippen LogP contribution in [0.1, 0.15) is 37.0 Å². The van der Waals surface area contributed by atoms with E-state index in [1.54, 1.807) is 35.6 Å². The molecular weight excluding hydrogens is 386 g/mol. The van der Waals surface area contributed by atoms with E-state index in [0.29, 0.717) is 23.9 Å². The van der Waals surface area contributed by atoms with E-state index >= 15 is 0 Å². The number of aryl methyl sites for hydroxylation is 1. The van der Waals surface area contributed by atoms with E-state index in [0.717, 1.165) is 30.6 Å². The van der Waals surface area contributed by atoms with Crippen LogP contribution in [0.4, 0.5) is 0 Å². The Bertz CT molecular complexity index is 1110. The molecule has 0 bridgehead atoms. The first-order valence-electron chi connectivity index (χ1n) is 10.2. The molecule has 3 aromatic rings. The van der Waals surface area contributed by atoms with Crippen LogP contribution in [0.5, 0.6) is 0 Å². The predicted molar refractivity (Wildman–Crippen MR) is 116 cm³/mol. The van der Waals surface area contributed by atoms with E-state index < -0.39 is 5.69 Å². The molecule has 1 aliphatic carbocycles. The van der Waals surface area contributed by atoms with Crippen molar-refractivity contribution in [1.29, 1.82) is 0 Å². The minimum atomic E-state index is -0.427. The Morgan fingerprint density at radius 3 is 2.59 bits per heavy atom. The number of nitrogens with one attached hydrogen (secondary N) is 1. The Balaban J connectivity index is 1.65. The predicted octanol–water partition coefficient (Wildman–Crippen LogP) is 2.92. The number of hydrogen-bond acceptors (Lipinski definition) is 4. The van der Waals surface area contributed by atoms with Crippen molar-refractivity contribution < 1.29 is 4.79 Å². The van der Waals surface area contributed by atoms with Crippen LogP contribution >= 0.6 is 11.3 Å². The first-order chi connectivity index (χ1) is 14.1. The van der Waals surface area contributed by atoms with E-state index in [4.69, 9.17) is 0 Å². The SMILES string of the molecule is O=C(Cn1c(=O)n(CCc2cccs2)c(=O)c2ccccc21)NC1CCCCC1. The number of rotatable bonds is 6. The van der Waals surface area contributed by atoms with Gasteiger partial charge in [-0.25, -0.2) is 4.79 Å². The fourth-order valence-corrected chi connectivity index (χ4v) is 4.76. The number of aromatic nitrogens is 2. The summed E-state index contributed by atoms with van der Waals surface area (Å²) in [5.74, 6) is -0.174. The molecule has 4 rings (SSSR count). The highest BCUT2D eigenvalue weighted by molar-refractivity contribution is 7.09. The van der Waals surface area contributed by atoms with Gasteiger partial charge in [-0.15, -0.1) is 11.3 Å². The number of nitrogens with zero attached hydrogens (tertiary/aromatic N) is 2. The van der Waals surface area contributed by atoms with E-state index in [2.05, 4.69) is 5.32 Å². The van der Waals surface area contributed by atoms with Crippen LogP contribution < -0.4 is 16.6 Å². The summed E-state index contributed by atoms with van der Waals surface area (Å²) in [5, 5.41) is 5.50. The zero-order valence-corrected chi connectivity index (χ0v) is 17.1. The first-order valence-corrected chi connectivity index (χ1v) is 11.1. The molecule has 0 spiro atoms. The smallest absolute Gasteiger partial charge is 0.331 e. The molecule has 0 aliphatic heterocycles. The van der Waals surface area contributed by atoms with Crippen LogP contribution in [0.25, 0.3) is 10.9 Å². The van der Waals surface area contributed by atoms with Crippen molar-refractivity contribution in [3.63, 3.8) is 0 Å². The zero-order valence-electron chi connectivity index (χ0n) is 16.3. The number of benzene rings is 1. The lowest BCUT2D eigenvalue weighted by Crippen LogP contribution is -2.44. The summed E-state index contributed by atoms with van der Waals surface area (Å²) in [7, 11) is 0. The molecule has 1 aromatic carbocycles. The number of amides is 1. The molecule has 29 heavy (non-hydrogen) atoms. The second kappa shape index (κ2) is 8.78. The largest absolute Gasteiger partial charge is 0.352 e. The number of carbonyl (C=O) groups is 1. The molecule has 152 valence electrons. The van der Waals surface area contributed by atoms with Gasteiger partial charge >= 0.3 is 5.69 Å². The summed E-state index contributed by atoms with van der Waals surface area (Å²) < 4.78 is 2.69. The number of thiophene rings is 1.